The van der Waals surface area contributed by atoms with Crippen LogP contribution in [0.4, 0.5) is 0 Å². The number of hydrogen-bond donors (Lipinski definition) is 3. The summed E-state index contributed by atoms with van der Waals surface area (Å²) in [5, 5.41) is 22.7. The van der Waals surface area contributed by atoms with Crippen LogP contribution in [-0.4, -0.2) is 35.5 Å². The summed E-state index contributed by atoms with van der Waals surface area (Å²) in [5.41, 5.74) is -0.706. The largest absolute Gasteiger partial charge is 0.396 e. The fourth-order valence-electron chi connectivity index (χ4n) is 2.29. The Hall–Kier alpha value is -0.120. The van der Waals surface area contributed by atoms with E-state index in [-0.39, 0.29) is 12.0 Å². The number of aliphatic hydroxyl groups excluding tert-OH is 1. The second kappa shape index (κ2) is 2.69. The summed E-state index contributed by atoms with van der Waals surface area (Å²) < 4.78 is 0. The molecule has 3 nitrogen and oxygen atoms in total. The predicted octanol–water partition coefficient (Wildman–Crippen LogP) is -0.127. The fraction of sp³-hybridized carbons (Fsp3) is 1.00. The minimum atomic E-state index is -0.576. The molecule has 0 aromatic heterocycles. The predicted molar refractivity (Wildman–Crippen MR) is 45.8 cm³/mol. The van der Waals surface area contributed by atoms with Gasteiger partial charge in [-0.3, -0.25) is 0 Å². The first-order chi connectivity index (χ1) is 5.72. The molecule has 0 atom stereocenters. The maximum Gasteiger partial charge on any atom is 0.0749 e. The van der Waals surface area contributed by atoms with Gasteiger partial charge in [-0.2, -0.15) is 0 Å². The van der Waals surface area contributed by atoms with E-state index in [0.717, 1.165) is 38.8 Å². The van der Waals surface area contributed by atoms with Gasteiger partial charge in [0.2, 0.25) is 0 Å². The van der Waals surface area contributed by atoms with Crippen molar-refractivity contribution in [3.05, 3.63) is 0 Å². The van der Waals surface area contributed by atoms with E-state index >= 15 is 0 Å². The SMILES string of the molecule is OCC1(C2(O)CCNCC2)CC1. The van der Waals surface area contributed by atoms with Crippen molar-refractivity contribution in [1.29, 1.82) is 0 Å². The van der Waals surface area contributed by atoms with E-state index in [2.05, 4.69) is 5.32 Å². The van der Waals surface area contributed by atoms with Gasteiger partial charge in [-0.25, -0.2) is 0 Å². The molecule has 3 heteroatoms. The van der Waals surface area contributed by atoms with Crippen LogP contribution < -0.4 is 5.32 Å². The average molecular weight is 171 g/mol. The van der Waals surface area contributed by atoms with Crippen molar-refractivity contribution >= 4 is 0 Å². The Bertz CT molecular complexity index is 171. The van der Waals surface area contributed by atoms with Gasteiger partial charge in [0.15, 0.2) is 0 Å². The molecular weight excluding hydrogens is 154 g/mol. The highest BCUT2D eigenvalue weighted by atomic mass is 16.3. The quantitative estimate of drug-likeness (QED) is 0.542. The zero-order valence-corrected chi connectivity index (χ0v) is 7.34. The molecule has 0 aromatic rings. The molecule has 0 radical (unpaired) electrons. The minimum Gasteiger partial charge on any atom is -0.396 e. The lowest BCUT2D eigenvalue weighted by molar-refractivity contribution is -0.0758. The number of piperidine rings is 1. The van der Waals surface area contributed by atoms with E-state index < -0.39 is 5.60 Å². The molecule has 0 spiro atoms. The van der Waals surface area contributed by atoms with Crippen LogP contribution in [0.5, 0.6) is 0 Å². The zero-order valence-electron chi connectivity index (χ0n) is 7.34. The molecule has 0 bridgehead atoms. The van der Waals surface area contributed by atoms with Crippen molar-refractivity contribution in [2.24, 2.45) is 5.41 Å². The normalized spacial score (nSPS) is 31.5. The summed E-state index contributed by atoms with van der Waals surface area (Å²) in [4.78, 5) is 0. The van der Waals surface area contributed by atoms with Gasteiger partial charge in [-0.1, -0.05) is 0 Å². The standard InChI is InChI=1S/C9H17NO2/c11-7-8(1-2-8)9(12)3-5-10-6-4-9/h10-12H,1-7H2. The number of rotatable bonds is 2. The highest BCUT2D eigenvalue weighted by Gasteiger charge is 2.57. The molecule has 2 aliphatic rings. The van der Waals surface area contributed by atoms with Gasteiger partial charge >= 0.3 is 0 Å². The van der Waals surface area contributed by atoms with Gasteiger partial charge in [0, 0.05) is 5.41 Å². The summed E-state index contributed by atoms with van der Waals surface area (Å²) in [7, 11) is 0. The van der Waals surface area contributed by atoms with Gasteiger partial charge in [-0.15, -0.1) is 0 Å². The van der Waals surface area contributed by atoms with Crippen molar-refractivity contribution in [2.45, 2.75) is 31.3 Å². The van der Waals surface area contributed by atoms with Gasteiger partial charge in [0.25, 0.3) is 0 Å². The molecule has 2 fully saturated rings. The van der Waals surface area contributed by atoms with E-state index in [1.165, 1.54) is 0 Å². The highest BCUT2D eigenvalue weighted by Crippen LogP contribution is 2.56. The molecular formula is C9H17NO2. The fourth-order valence-corrected chi connectivity index (χ4v) is 2.29. The Morgan fingerprint density at radius 3 is 2.08 bits per heavy atom. The topological polar surface area (TPSA) is 52.5 Å². The van der Waals surface area contributed by atoms with Gasteiger partial charge in [0.1, 0.15) is 0 Å². The molecule has 70 valence electrons. The minimum absolute atomic E-state index is 0.130. The summed E-state index contributed by atoms with van der Waals surface area (Å²) >= 11 is 0. The summed E-state index contributed by atoms with van der Waals surface area (Å²) in [5.74, 6) is 0. The first-order valence-corrected chi connectivity index (χ1v) is 4.76. The average Bonchev–Trinajstić information content (AvgIpc) is 2.86. The Labute approximate surface area is 72.8 Å². The number of aliphatic hydroxyl groups is 2. The smallest absolute Gasteiger partial charge is 0.0749 e. The van der Waals surface area contributed by atoms with Crippen LogP contribution in [0.1, 0.15) is 25.7 Å². The first kappa shape index (κ1) is 8.48. The maximum absolute atomic E-state index is 10.3. The van der Waals surface area contributed by atoms with Crippen LogP contribution in [0.2, 0.25) is 0 Å². The van der Waals surface area contributed by atoms with Crippen LogP contribution >= 0.6 is 0 Å². The molecule has 2 rings (SSSR count). The highest BCUT2D eigenvalue weighted by molar-refractivity contribution is 5.09. The molecule has 1 heterocycles. The molecule has 1 saturated carbocycles. The number of hydrogen-bond acceptors (Lipinski definition) is 3. The third-order valence-electron chi connectivity index (χ3n) is 3.57. The zero-order chi connectivity index (χ0) is 8.66. The van der Waals surface area contributed by atoms with Crippen LogP contribution in [0, 0.1) is 5.41 Å². The van der Waals surface area contributed by atoms with Gasteiger partial charge in [-0.05, 0) is 38.8 Å². The van der Waals surface area contributed by atoms with Crippen molar-refractivity contribution in [3.63, 3.8) is 0 Å². The first-order valence-electron chi connectivity index (χ1n) is 4.76. The van der Waals surface area contributed by atoms with E-state index in [1.807, 2.05) is 0 Å². The summed E-state index contributed by atoms with van der Waals surface area (Å²) in [6, 6.07) is 0. The van der Waals surface area contributed by atoms with Crippen LogP contribution in [0.25, 0.3) is 0 Å². The third kappa shape index (κ3) is 1.08. The monoisotopic (exact) mass is 171 g/mol. The Kier molecular flexibility index (Phi) is 1.90. The van der Waals surface area contributed by atoms with Crippen molar-refractivity contribution in [2.75, 3.05) is 19.7 Å². The molecule has 1 saturated heterocycles. The second-order valence-corrected chi connectivity index (χ2v) is 4.22. The van der Waals surface area contributed by atoms with E-state index in [0.29, 0.717) is 0 Å². The van der Waals surface area contributed by atoms with E-state index in [9.17, 15) is 10.2 Å². The Morgan fingerprint density at radius 1 is 1.08 bits per heavy atom. The Morgan fingerprint density at radius 2 is 1.67 bits per heavy atom. The van der Waals surface area contributed by atoms with Crippen molar-refractivity contribution in [1.82, 2.24) is 5.32 Å². The van der Waals surface area contributed by atoms with Crippen LogP contribution in [0.15, 0.2) is 0 Å². The summed E-state index contributed by atoms with van der Waals surface area (Å²) in [6.07, 6.45) is 3.60. The lowest BCUT2D eigenvalue weighted by atomic mass is 9.78. The lowest BCUT2D eigenvalue weighted by Gasteiger charge is -2.39. The van der Waals surface area contributed by atoms with Crippen molar-refractivity contribution < 1.29 is 10.2 Å². The Balaban J connectivity index is 2.08. The molecule has 3 N–H and O–H groups in total. The van der Waals surface area contributed by atoms with Gasteiger partial charge < -0.3 is 15.5 Å². The molecule has 0 unspecified atom stereocenters. The van der Waals surface area contributed by atoms with Crippen LogP contribution in [0.3, 0.4) is 0 Å². The molecule has 1 aliphatic carbocycles. The molecule has 0 amide bonds. The lowest BCUT2D eigenvalue weighted by Crippen LogP contribution is -2.49. The van der Waals surface area contributed by atoms with E-state index in [4.69, 9.17) is 0 Å². The van der Waals surface area contributed by atoms with E-state index in [1.54, 1.807) is 0 Å². The summed E-state index contributed by atoms with van der Waals surface area (Å²) in [6.45, 7) is 1.93. The molecule has 0 aromatic carbocycles. The van der Waals surface area contributed by atoms with Gasteiger partial charge in [0.05, 0.1) is 12.2 Å². The van der Waals surface area contributed by atoms with Crippen LogP contribution in [-0.2, 0) is 0 Å². The molecule has 1 aliphatic heterocycles. The van der Waals surface area contributed by atoms with Crippen molar-refractivity contribution in [3.8, 4) is 0 Å². The maximum atomic E-state index is 10.3. The number of nitrogens with one attached hydrogen (secondary N) is 1. The second-order valence-electron chi connectivity index (χ2n) is 4.22. The third-order valence-corrected chi connectivity index (χ3v) is 3.57. The molecule has 12 heavy (non-hydrogen) atoms.